The normalized spacial score (nSPS) is 25.4. The predicted molar refractivity (Wildman–Crippen MR) is 120 cm³/mol. The summed E-state index contributed by atoms with van der Waals surface area (Å²) in [5.74, 6) is 3.53. The molecule has 3 aliphatic rings. The molecule has 8 heteroatoms. The first-order valence-corrected chi connectivity index (χ1v) is 11.7. The van der Waals surface area contributed by atoms with E-state index in [1.54, 1.807) is 0 Å². The first-order chi connectivity index (χ1) is 15.6. The summed E-state index contributed by atoms with van der Waals surface area (Å²) in [7, 11) is 0. The van der Waals surface area contributed by atoms with Gasteiger partial charge in [-0.2, -0.15) is 5.10 Å². The fourth-order valence-corrected chi connectivity index (χ4v) is 5.75. The maximum atomic E-state index is 13.4. The van der Waals surface area contributed by atoms with Crippen molar-refractivity contribution >= 4 is 12.4 Å². The Morgan fingerprint density at radius 1 is 1.19 bits per heavy atom. The molecule has 3 heterocycles. The molecule has 8 nitrogen and oxygen atoms in total. The first kappa shape index (κ1) is 22.5. The van der Waals surface area contributed by atoms with E-state index >= 15 is 0 Å². The summed E-state index contributed by atoms with van der Waals surface area (Å²) in [5, 5.41) is 14.3. The van der Waals surface area contributed by atoms with E-state index in [4.69, 9.17) is 9.90 Å². The van der Waals surface area contributed by atoms with Gasteiger partial charge >= 0.3 is 0 Å². The minimum atomic E-state index is -0.250. The lowest BCUT2D eigenvalue weighted by Gasteiger charge is -2.31. The van der Waals surface area contributed by atoms with Gasteiger partial charge in [0.15, 0.2) is 0 Å². The number of nitrogens with one attached hydrogen (secondary N) is 1. The monoisotopic (exact) mass is 439 g/mol. The Hall–Kier alpha value is -2.74. The number of aromatic amines is 1. The SMILES string of the molecule is CCc1n[nH]c(CN2C[C@H]3CN(C(=O)C4CCCC4)[C@@H](c4ccccc4)[C@H]3C2)n1.O=CO. The number of hydrogen-bond acceptors (Lipinski definition) is 5. The Morgan fingerprint density at radius 2 is 1.91 bits per heavy atom. The number of carbonyl (C=O) groups excluding carboxylic acids is 1. The highest BCUT2D eigenvalue weighted by atomic mass is 16.3. The van der Waals surface area contributed by atoms with Crippen LogP contribution >= 0.6 is 0 Å². The summed E-state index contributed by atoms with van der Waals surface area (Å²) >= 11 is 0. The van der Waals surface area contributed by atoms with Gasteiger partial charge in [-0.1, -0.05) is 50.1 Å². The lowest BCUT2D eigenvalue weighted by Crippen LogP contribution is -2.38. The Bertz CT molecular complexity index is 896. The zero-order valence-electron chi connectivity index (χ0n) is 18.7. The lowest BCUT2D eigenvalue weighted by molar-refractivity contribution is -0.137. The van der Waals surface area contributed by atoms with Crippen LogP contribution in [0.3, 0.4) is 0 Å². The molecule has 1 amide bonds. The molecule has 0 radical (unpaired) electrons. The number of carbonyl (C=O) groups is 2. The lowest BCUT2D eigenvalue weighted by atomic mass is 9.89. The van der Waals surface area contributed by atoms with Gasteiger partial charge in [0.1, 0.15) is 11.6 Å². The van der Waals surface area contributed by atoms with E-state index in [0.717, 1.165) is 57.1 Å². The molecule has 0 spiro atoms. The predicted octanol–water partition coefficient (Wildman–Crippen LogP) is 2.89. The topological polar surface area (TPSA) is 102 Å². The second-order valence-corrected chi connectivity index (χ2v) is 9.10. The van der Waals surface area contributed by atoms with Crippen molar-refractivity contribution in [1.82, 2.24) is 25.0 Å². The third-order valence-corrected chi connectivity index (χ3v) is 7.14. The number of H-pyrrole nitrogens is 1. The molecule has 0 unspecified atom stereocenters. The molecule has 1 aromatic heterocycles. The third kappa shape index (κ3) is 4.70. The highest BCUT2D eigenvalue weighted by molar-refractivity contribution is 5.80. The van der Waals surface area contributed by atoms with Gasteiger partial charge in [-0.3, -0.25) is 19.6 Å². The summed E-state index contributed by atoms with van der Waals surface area (Å²) in [5.41, 5.74) is 1.29. The van der Waals surface area contributed by atoms with Crippen molar-refractivity contribution in [3.63, 3.8) is 0 Å². The van der Waals surface area contributed by atoms with Crippen LogP contribution in [0.15, 0.2) is 30.3 Å². The Kier molecular flexibility index (Phi) is 7.19. The van der Waals surface area contributed by atoms with Crippen LogP contribution < -0.4 is 0 Å². The van der Waals surface area contributed by atoms with Crippen LogP contribution in [-0.2, 0) is 22.6 Å². The summed E-state index contributed by atoms with van der Waals surface area (Å²) in [6.07, 6.45) is 5.42. The van der Waals surface area contributed by atoms with Crippen LogP contribution in [0, 0.1) is 17.8 Å². The van der Waals surface area contributed by atoms with Gasteiger partial charge in [-0.15, -0.1) is 0 Å². The number of fused-ring (bicyclic) bond motifs is 1. The maximum Gasteiger partial charge on any atom is 0.290 e. The minimum Gasteiger partial charge on any atom is -0.483 e. The van der Waals surface area contributed by atoms with E-state index in [9.17, 15) is 4.79 Å². The highest BCUT2D eigenvalue weighted by Gasteiger charge is 2.50. The van der Waals surface area contributed by atoms with Crippen molar-refractivity contribution in [3.05, 3.63) is 47.5 Å². The fraction of sp³-hybridized carbons (Fsp3) is 0.583. The van der Waals surface area contributed by atoms with Crippen LogP contribution in [0.2, 0.25) is 0 Å². The number of aryl methyl sites for hydroxylation is 1. The Labute approximate surface area is 189 Å². The molecular weight excluding hydrogens is 406 g/mol. The van der Waals surface area contributed by atoms with Gasteiger partial charge in [0.05, 0.1) is 12.6 Å². The number of carboxylic acid groups (broad SMARTS) is 1. The fourth-order valence-electron chi connectivity index (χ4n) is 5.75. The molecule has 5 rings (SSSR count). The van der Waals surface area contributed by atoms with Crippen LogP contribution in [0.5, 0.6) is 0 Å². The molecular formula is C24H33N5O3. The first-order valence-electron chi connectivity index (χ1n) is 11.7. The summed E-state index contributed by atoms with van der Waals surface area (Å²) in [6, 6.07) is 10.9. The van der Waals surface area contributed by atoms with E-state index in [0.29, 0.717) is 17.7 Å². The van der Waals surface area contributed by atoms with E-state index < -0.39 is 0 Å². The quantitative estimate of drug-likeness (QED) is 0.695. The van der Waals surface area contributed by atoms with Crippen molar-refractivity contribution in [3.8, 4) is 0 Å². The van der Waals surface area contributed by atoms with Crippen molar-refractivity contribution in [2.24, 2.45) is 17.8 Å². The Balaban J connectivity index is 0.000000775. The van der Waals surface area contributed by atoms with Gasteiger partial charge < -0.3 is 10.0 Å². The number of nitrogens with zero attached hydrogens (tertiary/aromatic N) is 4. The van der Waals surface area contributed by atoms with Crippen LogP contribution in [0.25, 0.3) is 0 Å². The number of aromatic nitrogens is 3. The molecule has 3 atom stereocenters. The molecule has 2 aliphatic heterocycles. The number of amides is 1. The smallest absolute Gasteiger partial charge is 0.290 e. The average molecular weight is 440 g/mol. The van der Waals surface area contributed by atoms with E-state index in [-0.39, 0.29) is 18.4 Å². The van der Waals surface area contributed by atoms with Crippen LogP contribution in [0.1, 0.15) is 55.9 Å². The summed E-state index contributed by atoms with van der Waals surface area (Å²) in [6.45, 7) is 5.59. The molecule has 1 aromatic carbocycles. The number of likely N-dealkylation sites (tertiary alicyclic amines) is 2. The number of benzene rings is 1. The standard InChI is InChI=1S/C23H31N5O.CH2O2/c1-2-20-24-21(26-25-20)15-27-12-18-13-28(23(29)17-10-6-7-11-17)22(19(18)14-27)16-8-4-3-5-9-16;2-1-3/h3-5,8-9,17-19,22H,2,6-7,10-15H2,1H3,(H,24,25,26);1H,(H,2,3)/t18-,19-,22-;/m0./s1. The highest BCUT2D eigenvalue weighted by Crippen LogP contribution is 2.46. The molecule has 1 saturated carbocycles. The zero-order chi connectivity index (χ0) is 22.5. The van der Waals surface area contributed by atoms with Crippen molar-refractivity contribution in [2.75, 3.05) is 19.6 Å². The van der Waals surface area contributed by atoms with E-state index in [1.807, 2.05) is 0 Å². The second kappa shape index (κ2) is 10.3. The largest absolute Gasteiger partial charge is 0.483 e. The molecule has 3 fully saturated rings. The van der Waals surface area contributed by atoms with Crippen LogP contribution in [0.4, 0.5) is 0 Å². The van der Waals surface area contributed by atoms with Gasteiger partial charge in [-0.25, -0.2) is 4.98 Å². The van der Waals surface area contributed by atoms with Crippen LogP contribution in [-0.4, -0.2) is 62.1 Å². The molecule has 2 N–H and O–H groups in total. The Morgan fingerprint density at radius 3 is 2.56 bits per heavy atom. The molecule has 2 saturated heterocycles. The van der Waals surface area contributed by atoms with Crippen molar-refractivity contribution < 1.29 is 14.7 Å². The van der Waals surface area contributed by atoms with Gasteiger partial charge in [0.2, 0.25) is 5.91 Å². The molecule has 2 aromatic rings. The van der Waals surface area contributed by atoms with E-state index in [2.05, 4.69) is 62.2 Å². The summed E-state index contributed by atoms with van der Waals surface area (Å²) < 4.78 is 0. The third-order valence-electron chi connectivity index (χ3n) is 7.14. The summed E-state index contributed by atoms with van der Waals surface area (Å²) in [4.78, 5) is 31.0. The maximum absolute atomic E-state index is 13.4. The average Bonchev–Trinajstić information content (AvgIpc) is 3.59. The molecule has 0 bridgehead atoms. The molecule has 32 heavy (non-hydrogen) atoms. The minimum absolute atomic E-state index is 0.209. The molecule has 1 aliphatic carbocycles. The van der Waals surface area contributed by atoms with E-state index in [1.165, 1.54) is 18.4 Å². The zero-order valence-corrected chi connectivity index (χ0v) is 18.7. The van der Waals surface area contributed by atoms with Crippen molar-refractivity contribution in [1.29, 1.82) is 0 Å². The van der Waals surface area contributed by atoms with Crippen molar-refractivity contribution in [2.45, 2.75) is 51.6 Å². The molecule has 172 valence electrons. The second-order valence-electron chi connectivity index (χ2n) is 9.10. The number of hydrogen-bond donors (Lipinski definition) is 2. The van der Waals surface area contributed by atoms with Gasteiger partial charge in [0, 0.05) is 37.9 Å². The number of rotatable bonds is 5. The van der Waals surface area contributed by atoms with Gasteiger partial charge in [0.25, 0.3) is 6.47 Å². The van der Waals surface area contributed by atoms with Gasteiger partial charge in [-0.05, 0) is 24.3 Å².